The number of aromatic nitrogens is 3. The number of rotatable bonds is 8. The van der Waals surface area contributed by atoms with Crippen LogP contribution < -0.4 is 5.43 Å². The number of amides is 1. The number of nitrogens with zero attached hydrogens (tertiary/aromatic N) is 4. The molecule has 3 aromatic rings. The summed E-state index contributed by atoms with van der Waals surface area (Å²) in [4.78, 5) is 16.5. The Bertz CT molecular complexity index is 933. The molecular weight excluding hydrogens is 402 g/mol. The van der Waals surface area contributed by atoms with Gasteiger partial charge in [-0.2, -0.15) is 10.2 Å². The van der Waals surface area contributed by atoms with Gasteiger partial charge in [0.15, 0.2) is 4.34 Å². The molecule has 142 valence electrons. The van der Waals surface area contributed by atoms with Crippen molar-refractivity contribution in [3.05, 3.63) is 40.7 Å². The molecule has 9 heteroatoms. The van der Waals surface area contributed by atoms with Crippen LogP contribution in [0.25, 0.3) is 10.2 Å². The van der Waals surface area contributed by atoms with Gasteiger partial charge in [0.25, 0.3) is 5.91 Å². The van der Waals surface area contributed by atoms with Gasteiger partial charge in [0.2, 0.25) is 0 Å². The van der Waals surface area contributed by atoms with Crippen LogP contribution in [0.15, 0.2) is 33.7 Å². The van der Waals surface area contributed by atoms with Gasteiger partial charge in [0, 0.05) is 6.54 Å². The summed E-state index contributed by atoms with van der Waals surface area (Å²) in [5, 5.41) is 8.98. The van der Waals surface area contributed by atoms with Crippen LogP contribution in [0.1, 0.15) is 31.0 Å². The Morgan fingerprint density at radius 1 is 1.44 bits per heavy atom. The second-order valence-corrected chi connectivity index (χ2v) is 8.51. The van der Waals surface area contributed by atoms with E-state index in [1.54, 1.807) is 22.2 Å². The van der Waals surface area contributed by atoms with E-state index in [2.05, 4.69) is 27.5 Å². The van der Waals surface area contributed by atoms with Crippen LogP contribution in [0.3, 0.4) is 0 Å². The van der Waals surface area contributed by atoms with E-state index in [1.165, 1.54) is 11.8 Å². The van der Waals surface area contributed by atoms with Gasteiger partial charge < -0.3 is 0 Å². The molecule has 0 atom stereocenters. The second-order valence-electron chi connectivity index (χ2n) is 5.90. The van der Waals surface area contributed by atoms with Crippen LogP contribution in [-0.2, 0) is 11.3 Å². The number of benzene rings is 1. The fourth-order valence-corrected chi connectivity index (χ4v) is 4.58. The number of carbonyl (C=O) groups excluding carboxylic acids is 1. The molecule has 0 bridgehead atoms. The Hall–Kier alpha value is -1.90. The number of thioether (sulfide) groups is 1. The zero-order valence-electron chi connectivity index (χ0n) is 15.1. The standard InChI is InChI=1S/C18H20ClN5OS2/c1-3-4-9-24-17(19)13(12(2)23-24)10-20-22-16(25)11-26-18-21-14-7-5-6-8-15(14)27-18/h5-8,10H,3-4,9,11H2,1-2H3,(H,22,25)/b20-10+. The molecule has 0 aliphatic heterocycles. The molecule has 27 heavy (non-hydrogen) atoms. The first kappa shape index (κ1) is 19.9. The van der Waals surface area contributed by atoms with E-state index in [4.69, 9.17) is 11.6 Å². The molecule has 0 unspecified atom stereocenters. The van der Waals surface area contributed by atoms with Crippen molar-refractivity contribution < 1.29 is 4.79 Å². The highest BCUT2D eigenvalue weighted by molar-refractivity contribution is 8.01. The number of hydrogen-bond acceptors (Lipinski definition) is 6. The number of nitrogens with one attached hydrogen (secondary N) is 1. The number of aryl methyl sites for hydroxylation is 2. The minimum absolute atomic E-state index is 0.192. The van der Waals surface area contributed by atoms with Crippen molar-refractivity contribution in [1.82, 2.24) is 20.2 Å². The van der Waals surface area contributed by atoms with E-state index in [1.807, 2.05) is 31.2 Å². The minimum atomic E-state index is -0.192. The molecule has 0 spiro atoms. The van der Waals surface area contributed by atoms with E-state index in [0.29, 0.717) is 5.15 Å². The number of hydrazone groups is 1. The number of halogens is 1. The van der Waals surface area contributed by atoms with Gasteiger partial charge in [0.05, 0.1) is 33.4 Å². The number of unbranched alkanes of at least 4 members (excludes halogenated alkanes) is 1. The van der Waals surface area contributed by atoms with Crippen molar-refractivity contribution in [2.45, 2.75) is 37.6 Å². The molecule has 0 saturated heterocycles. The van der Waals surface area contributed by atoms with Gasteiger partial charge >= 0.3 is 0 Å². The van der Waals surface area contributed by atoms with E-state index in [-0.39, 0.29) is 11.7 Å². The highest BCUT2D eigenvalue weighted by Gasteiger charge is 2.11. The number of para-hydroxylation sites is 1. The van der Waals surface area contributed by atoms with Gasteiger partial charge in [-0.25, -0.2) is 10.4 Å². The first-order valence-corrected chi connectivity index (χ1v) is 10.8. The maximum Gasteiger partial charge on any atom is 0.250 e. The predicted octanol–water partition coefficient (Wildman–Crippen LogP) is 4.50. The molecule has 2 heterocycles. The summed E-state index contributed by atoms with van der Waals surface area (Å²) < 4.78 is 3.75. The number of hydrogen-bond donors (Lipinski definition) is 1. The first-order chi connectivity index (χ1) is 13.1. The van der Waals surface area contributed by atoms with Crippen molar-refractivity contribution in [3.63, 3.8) is 0 Å². The average molecular weight is 422 g/mol. The zero-order chi connectivity index (χ0) is 19.2. The van der Waals surface area contributed by atoms with Crippen LogP contribution in [0.2, 0.25) is 5.15 Å². The molecule has 1 N–H and O–H groups in total. The highest BCUT2D eigenvalue weighted by Crippen LogP contribution is 2.29. The quantitative estimate of drug-likeness (QED) is 0.330. The summed E-state index contributed by atoms with van der Waals surface area (Å²) in [6, 6.07) is 7.92. The van der Waals surface area contributed by atoms with Gasteiger partial charge in [-0.05, 0) is 25.5 Å². The number of carbonyl (C=O) groups is 1. The van der Waals surface area contributed by atoms with Crippen LogP contribution in [0, 0.1) is 6.92 Å². The van der Waals surface area contributed by atoms with Gasteiger partial charge in [-0.15, -0.1) is 11.3 Å². The Kier molecular flexibility index (Phi) is 6.87. The van der Waals surface area contributed by atoms with Gasteiger partial charge in [0.1, 0.15) is 5.15 Å². The largest absolute Gasteiger partial charge is 0.272 e. The maximum atomic E-state index is 12.0. The van der Waals surface area contributed by atoms with Crippen molar-refractivity contribution in [2.75, 3.05) is 5.75 Å². The summed E-state index contributed by atoms with van der Waals surface area (Å²) >= 11 is 9.32. The third-order valence-electron chi connectivity index (χ3n) is 3.82. The highest BCUT2D eigenvalue weighted by atomic mass is 35.5. The molecular formula is C18H20ClN5OS2. The third kappa shape index (κ3) is 5.09. The lowest BCUT2D eigenvalue weighted by Crippen LogP contribution is -2.19. The fraction of sp³-hybridized carbons (Fsp3) is 0.333. The molecule has 0 aliphatic carbocycles. The van der Waals surface area contributed by atoms with E-state index >= 15 is 0 Å². The lowest BCUT2D eigenvalue weighted by Gasteiger charge is -2.00. The van der Waals surface area contributed by atoms with Crippen LogP contribution in [-0.4, -0.2) is 32.6 Å². The van der Waals surface area contributed by atoms with Gasteiger partial charge in [-0.1, -0.05) is 48.8 Å². The fourth-order valence-electron chi connectivity index (χ4n) is 2.41. The summed E-state index contributed by atoms with van der Waals surface area (Å²) in [5.74, 6) is 0.0577. The molecule has 0 saturated carbocycles. The van der Waals surface area contributed by atoms with Crippen molar-refractivity contribution in [2.24, 2.45) is 5.10 Å². The van der Waals surface area contributed by atoms with Crippen LogP contribution >= 0.6 is 34.7 Å². The summed E-state index contributed by atoms with van der Waals surface area (Å²) in [7, 11) is 0. The molecule has 1 aromatic carbocycles. The van der Waals surface area contributed by atoms with E-state index in [0.717, 1.165) is 45.2 Å². The van der Waals surface area contributed by atoms with Crippen molar-refractivity contribution in [3.8, 4) is 0 Å². The summed E-state index contributed by atoms with van der Waals surface area (Å²) in [6.45, 7) is 4.77. The number of thiazole rings is 1. The average Bonchev–Trinajstić information content (AvgIpc) is 3.20. The Labute approximate surface area is 171 Å². The summed E-state index contributed by atoms with van der Waals surface area (Å²) in [6.07, 6.45) is 3.63. The lowest BCUT2D eigenvalue weighted by molar-refractivity contribution is -0.118. The van der Waals surface area contributed by atoms with Crippen LogP contribution in [0.5, 0.6) is 0 Å². The Morgan fingerprint density at radius 2 is 2.26 bits per heavy atom. The van der Waals surface area contributed by atoms with Gasteiger partial charge in [-0.3, -0.25) is 9.48 Å². The Morgan fingerprint density at radius 3 is 3.04 bits per heavy atom. The second kappa shape index (κ2) is 9.34. The molecule has 0 radical (unpaired) electrons. The van der Waals surface area contributed by atoms with Crippen LogP contribution in [0.4, 0.5) is 0 Å². The normalized spacial score (nSPS) is 11.5. The first-order valence-electron chi connectivity index (χ1n) is 8.61. The van der Waals surface area contributed by atoms with Crippen molar-refractivity contribution in [1.29, 1.82) is 0 Å². The number of fused-ring (bicyclic) bond motifs is 1. The minimum Gasteiger partial charge on any atom is -0.272 e. The molecule has 3 rings (SSSR count). The summed E-state index contributed by atoms with van der Waals surface area (Å²) in [5.41, 5.74) is 5.00. The third-order valence-corrected chi connectivity index (χ3v) is 6.39. The zero-order valence-corrected chi connectivity index (χ0v) is 17.5. The molecule has 0 aliphatic rings. The molecule has 6 nitrogen and oxygen atoms in total. The smallest absolute Gasteiger partial charge is 0.250 e. The van der Waals surface area contributed by atoms with Crippen molar-refractivity contribution >= 4 is 57.0 Å². The lowest BCUT2D eigenvalue weighted by atomic mass is 10.3. The predicted molar refractivity (Wildman–Crippen MR) is 113 cm³/mol. The van der Waals surface area contributed by atoms with E-state index < -0.39 is 0 Å². The molecule has 2 aromatic heterocycles. The SMILES string of the molecule is CCCCn1nc(C)c(/C=N/NC(=O)CSc2nc3ccccc3s2)c1Cl. The molecule has 1 amide bonds. The molecule has 0 fully saturated rings. The maximum absolute atomic E-state index is 12.0. The van der Waals surface area contributed by atoms with E-state index in [9.17, 15) is 4.79 Å². The monoisotopic (exact) mass is 421 g/mol. The Balaban J connectivity index is 1.53. The topological polar surface area (TPSA) is 72.2 Å².